The Morgan fingerprint density at radius 2 is 1.96 bits per heavy atom. The van der Waals surface area contributed by atoms with E-state index < -0.39 is 0 Å². The number of piperazine rings is 1. The molecule has 0 bridgehead atoms. The second-order valence-electron chi connectivity index (χ2n) is 6.82. The van der Waals surface area contributed by atoms with Crippen LogP contribution in [0.25, 0.3) is 0 Å². The van der Waals surface area contributed by atoms with Gasteiger partial charge in [-0.05, 0) is 37.0 Å². The van der Waals surface area contributed by atoms with E-state index in [4.69, 9.17) is 11.6 Å². The Balaban J connectivity index is 1.52. The van der Waals surface area contributed by atoms with Gasteiger partial charge in [-0.2, -0.15) is 0 Å². The molecule has 0 aromatic heterocycles. The lowest BCUT2D eigenvalue weighted by molar-refractivity contribution is -0.116. The van der Waals surface area contributed by atoms with Crippen molar-refractivity contribution < 1.29 is 4.79 Å². The van der Waals surface area contributed by atoms with Crippen molar-refractivity contribution in [2.24, 2.45) is 5.92 Å². The average molecular weight is 345 g/mol. The number of anilines is 1. The molecule has 3 nitrogen and oxygen atoms in total. The number of carbonyl (C=O) groups is 1. The van der Waals surface area contributed by atoms with Gasteiger partial charge in [0.2, 0.25) is 0 Å². The molecule has 1 heterocycles. The molecule has 0 amide bonds. The smallest absolute Gasteiger partial charge is 0.158 e. The van der Waals surface area contributed by atoms with Crippen LogP contribution in [-0.4, -0.2) is 43.4 Å². The molecule has 4 heteroatoms. The molecule has 1 aliphatic carbocycles. The number of nitrogens with zero attached hydrogens (tertiary/aromatic N) is 2. The van der Waals surface area contributed by atoms with Crippen LogP contribution in [0, 0.1) is 5.92 Å². The molecule has 0 radical (unpaired) electrons. The predicted molar refractivity (Wildman–Crippen MR) is 101 cm³/mol. The Hall–Kier alpha value is -1.58. The van der Waals surface area contributed by atoms with E-state index in [1.165, 1.54) is 5.57 Å². The summed E-state index contributed by atoms with van der Waals surface area (Å²) in [5, 5.41) is 0.818. The lowest BCUT2D eigenvalue weighted by atomic mass is 9.84. The first-order valence-corrected chi connectivity index (χ1v) is 9.02. The summed E-state index contributed by atoms with van der Waals surface area (Å²) in [6.07, 6.45) is 3.65. The molecular weight excluding hydrogens is 320 g/mol. The number of para-hydroxylation sites is 1. The highest BCUT2D eigenvalue weighted by molar-refractivity contribution is 6.33. The number of rotatable bonds is 4. The zero-order chi connectivity index (χ0) is 17.1. The molecule has 1 aromatic rings. The number of Topliss-reactive ketones (excluding diaryl/α,β-unsaturated/α-hetero) is 1. The van der Waals surface area contributed by atoms with Gasteiger partial charge in [0.1, 0.15) is 0 Å². The normalized spacial score (nSPS) is 22.4. The van der Waals surface area contributed by atoms with Crippen LogP contribution in [0.1, 0.15) is 19.8 Å². The SMILES string of the molecule is C=C(CN1CCN(c2ccccc2Cl)CC1)[C@@H]1CC=C(C)C(=O)C1. The van der Waals surface area contributed by atoms with Crippen LogP contribution in [0.5, 0.6) is 0 Å². The van der Waals surface area contributed by atoms with Gasteiger partial charge in [-0.25, -0.2) is 0 Å². The maximum absolute atomic E-state index is 11.9. The Bertz CT molecular complexity index is 659. The van der Waals surface area contributed by atoms with Crippen molar-refractivity contribution in [1.29, 1.82) is 0 Å². The van der Waals surface area contributed by atoms with Gasteiger partial charge in [-0.15, -0.1) is 0 Å². The molecule has 1 aliphatic heterocycles. The summed E-state index contributed by atoms with van der Waals surface area (Å²) < 4.78 is 0. The van der Waals surface area contributed by atoms with Gasteiger partial charge in [0.05, 0.1) is 10.7 Å². The molecule has 1 aromatic carbocycles. The number of ketones is 1. The van der Waals surface area contributed by atoms with E-state index in [1.54, 1.807) is 0 Å². The van der Waals surface area contributed by atoms with Gasteiger partial charge in [-0.1, -0.05) is 42.0 Å². The lowest BCUT2D eigenvalue weighted by Crippen LogP contribution is -2.47. The number of hydrogen-bond acceptors (Lipinski definition) is 3. The van der Waals surface area contributed by atoms with Crippen molar-refractivity contribution >= 4 is 23.1 Å². The largest absolute Gasteiger partial charge is 0.368 e. The molecular formula is C20H25ClN2O. The quantitative estimate of drug-likeness (QED) is 0.773. The van der Waals surface area contributed by atoms with E-state index in [0.717, 1.165) is 55.4 Å². The van der Waals surface area contributed by atoms with Gasteiger partial charge in [0, 0.05) is 39.1 Å². The van der Waals surface area contributed by atoms with Crippen LogP contribution < -0.4 is 4.90 Å². The number of benzene rings is 1. The molecule has 2 aliphatic rings. The van der Waals surface area contributed by atoms with Crippen molar-refractivity contribution in [3.8, 4) is 0 Å². The highest BCUT2D eigenvalue weighted by Gasteiger charge is 2.24. The van der Waals surface area contributed by atoms with E-state index >= 15 is 0 Å². The van der Waals surface area contributed by atoms with Gasteiger partial charge in [0.25, 0.3) is 0 Å². The Labute approximate surface area is 149 Å². The van der Waals surface area contributed by atoms with E-state index in [0.29, 0.717) is 12.3 Å². The Morgan fingerprint density at radius 1 is 1.25 bits per heavy atom. The molecule has 1 atom stereocenters. The first-order valence-electron chi connectivity index (χ1n) is 8.64. The summed E-state index contributed by atoms with van der Waals surface area (Å²) in [6.45, 7) is 11.0. The minimum atomic E-state index is 0.274. The van der Waals surface area contributed by atoms with Gasteiger partial charge in [0.15, 0.2) is 5.78 Å². The average Bonchev–Trinajstić information content (AvgIpc) is 2.58. The first kappa shape index (κ1) is 17.2. The summed E-state index contributed by atoms with van der Waals surface area (Å²) in [6, 6.07) is 8.03. The molecule has 3 rings (SSSR count). The Kier molecular flexibility index (Phi) is 5.42. The number of allylic oxidation sites excluding steroid dienone is 2. The Morgan fingerprint density at radius 3 is 2.62 bits per heavy atom. The zero-order valence-corrected chi connectivity index (χ0v) is 15.1. The molecule has 0 spiro atoms. The van der Waals surface area contributed by atoms with Crippen molar-refractivity contribution in [2.75, 3.05) is 37.6 Å². The van der Waals surface area contributed by atoms with E-state index in [9.17, 15) is 4.79 Å². The summed E-state index contributed by atoms with van der Waals surface area (Å²) in [4.78, 5) is 16.7. The minimum Gasteiger partial charge on any atom is -0.368 e. The molecule has 1 saturated heterocycles. The third-order valence-corrected chi connectivity index (χ3v) is 5.47. The second kappa shape index (κ2) is 7.54. The van der Waals surface area contributed by atoms with Gasteiger partial charge < -0.3 is 4.90 Å². The topological polar surface area (TPSA) is 23.6 Å². The second-order valence-corrected chi connectivity index (χ2v) is 7.23. The standard InChI is InChI=1S/C20H25ClN2O/c1-15-7-8-17(13-20(15)24)16(2)14-22-9-11-23(12-10-22)19-6-4-3-5-18(19)21/h3-7,17H,2,8-14H2,1H3/t17-/m1/s1. The fourth-order valence-electron chi connectivity index (χ4n) is 3.48. The van der Waals surface area contributed by atoms with E-state index in [-0.39, 0.29) is 5.78 Å². The van der Waals surface area contributed by atoms with Crippen molar-refractivity contribution in [3.05, 3.63) is 53.1 Å². The highest BCUT2D eigenvalue weighted by Crippen LogP contribution is 2.28. The fraction of sp³-hybridized carbons (Fsp3) is 0.450. The molecule has 0 saturated carbocycles. The number of hydrogen-bond donors (Lipinski definition) is 0. The molecule has 1 fully saturated rings. The van der Waals surface area contributed by atoms with E-state index in [2.05, 4.69) is 28.5 Å². The maximum atomic E-state index is 11.9. The van der Waals surface area contributed by atoms with Crippen LogP contribution in [-0.2, 0) is 4.79 Å². The van der Waals surface area contributed by atoms with Crippen molar-refractivity contribution in [1.82, 2.24) is 4.90 Å². The zero-order valence-electron chi connectivity index (χ0n) is 14.3. The van der Waals surface area contributed by atoms with Crippen LogP contribution in [0.3, 0.4) is 0 Å². The third-order valence-electron chi connectivity index (χ3n) is 5.15. The number of halogens is 1. The van der Waals surface area contributed by atoms with Gasteiger partial charge >= 0.3 is 0 Å². The maximum Gasteiger partial charge on any atom is 0.158 e. The van der Waals surface area contributed by atoms with E-state index in [1.807, 2.05) is 25.1 Å². The molecule has 0 unspecified atom stereocenters. The van der Waals surface area contributed by atoms with Gasteiger partial charge in [-0.3, -0.25) is 9.69 Å². The molecule has 128 valence electrons. The van der Waals surface area contributed by atoms with Crippen molar-refractivity contribution in [2.45, 2.75) is 19.8 Å². The summed E-state index contributed by atoms with van der Waals surface area (Å²) in [5.74, 6) is 0.582. The van der Waals surface area contributed by atoms with Crippen LogP contribution in [0.15, 0.2) is 48.1 Å². The predicted octanol–water partition coefficient (Wildman–Crippen LogP) is 3.94. The van der Waals surface area contributed by atoms with Crippen LogP contribution in [0.2, 0.25) is 5.02 Å². The monoisotopic (exact) mass is 344 g/mol. The lowest BCUT2D eigenvalue weighted by Gasteiger charge is -2.37. The van der Waals surface area contributed by atoms with Crippen molar-refractivity contribution in [3.63, 3.8) is 0 Å². The van der Waals surface area contributed by atoms with Crippen LogP contribution in [0.4, 0.5) is 5.69 Å². The summed E-state index contributed by atoms with van der Waals surface area (Å²) >= 11 is 6.30. The first-order chi connectivity index (χ1) is 11.5. The minimum absolute atomic E-state index is 0.274. The number of carbonyl (C=O) groups excluding carboxylic acids is 1. The molecule has 24 heavy (non-hydrogen) atoms. The summed E-state index contributed by atoms with van der Waals surface area (Å²) in [7, 11) is 0. The third kappa shape index (κ3) is 3.90. The highest BCUT2D eigenvalue weighted by atomic mass is 35.5. The fourth-order valence-corrected chi connectivity index (χ4v) is 3.74. The van der Waals surface area contributed by atoms with Crippen LogP contribution >= 0.6 is 11.6 Å². The summed E-state index contributed by atoms with van der Waals surface area (Å²) in [5.41, 5.74) is 3.22. The molecule has 0 N–H and O–H groups in total.